The van der Waals surface area contributed by atoms with Gasteiger partial charge in [0.25, 0.3) is 5.91 Å². The molecule has 0 unspecified atom stereocenters. The minimum absolute atomic E-state index is 0.205. The van der Waals surface area contributed by atoms with E-state index in [4.69, 9.17) is 9.47 Å². The molecule has 4 rings (SSSR count). The fourth-order valence-corrected chi connectivity index (χ4v) is 5.18. The molecular formula is C30H40N6O5S. The molecule has 1 saturated heterocycles. The molecule has 0 radical (unpaired) electrons. The van der Waals surface area contributed by atoms with Crippen molar-refractivity contribution >= 4 is 33.3 Å². The Kier molecular flexibility index (Phi) is 9.57. The molecule has 0 bridgehead atoms. The molecule has 0 spiro atoms. The highest BCUT2D eigenvalue weighted by molar-refractivity contribution is 7.92. The van der Waals surface area contributed by atoms with Crippen molar-refractivity contribution in [3.05, 3.63) is 59.3 Å². The van der Waals surface area contributed by atoms with Crippen LogP contribution in [0.15, 0.2) is 42.6 Å². The van der Waals surface area contributed by atoms with Gasteiger partial charge in [-0.15, -0.1) is 0 Å². The van der Waals surface area contributed by atoms with Crippen LogP contribution in [-0.4, -0.2) is 68.7 Å². The molecule has 2 aromatic carbocycles. The van der Waals surface area contributed by atoms with Gasteiger partial charge in [0.1, 0.15) is 5.75 Å². The largest absolute Gasteiger partial charge is 0.492 e. The van der Waals surface area contributed by atoms with Crippen LogP contribution in [0.25, 0.3) is 0 Å². The van der Waals surface area contributed by atoms with E-state index in [1.165, 1.54) is 20.0 Å². The number of amides is 1. The normalized spacial score (nSPS) is 14.0. The Morgan fingerprint density at radius 3 is 2.45 bits per heavy atom. The lowest BCUT2D eigenvalue weighted by molar-refractivity contribution is 0.102. The number of aryl methyl sites for hydroxylation is 1. The lowest BCUT2D eigenvalue weighted by atomic mass is 9.86. The fraction of sp³-hybridized carbons (Fsp3) is 0.433. The second-order valence-corrected chi connectivity index (χ2v) is 13.2. The van der Waals surface area contributed by atoms with Crippen LogP contribution in [0.4, 0.5) is 17.3 Å². The molecule has 3 N–H and O–H groups in total. The van der Waals surface area contributed by atoms with Crippen LogP contribution < -0.4 is 24.8 Å². The number of rotatable bonds is 11. The number of benzene rings is 2. The molecule has 226 valence electrons. The zero-order valence-electron chi connectivity index (χ0n) is 25.1. The number of carbonyl (C=O) groups excluding carboxylic acids is 1. The van der Waals surface area contributed by atoms with Gasteiger partial charge in [0.15, 0.2) is 5.75 Å². The van der Waals surface area contributed by atoms with E-state index < -0.39 is 15.9 Å². The van der Waals surface area contributed by atoms with Gasteiger partial charge < -0.3 is 25.0 Å². The number of sulfonamides is 1. The van der Waals surface area contributed by atoms with Gasteiger partial charge in [-0.3, -0.25) is 9.52 Å². The molecule has 1 aromatic heterocycles. The molecule has 1 amide bonds. The first-order valence-corrected chi connectivity index (χ1v) is 15.8. The molecule has 2 heterocycles. The third kappa shape index (κ3) is 8.32. The van der Waals surface area contributed by atoms with Gasteiger partial charge in [-0.05, 0) is 73.7 Å². The maximum Gasteiger partial charge on any atom is 0.255 e. The van der Waals surface area contributed by atoms with Gasteiger partial charge >= 0.3 is 0 Å². The highest BCUT2D eigenvalue weighted by Crippen LogP contribution is 2.39. The Morgan fingerprint density at radius 2 is 1.79 bits per heavy atom. The molecule has 0 saturated carbocycles. The number of aromatic nitrogens is 2. The van der Waals surface area contributed by atoms with Crippen LogP contribution in [0.3, 0.4) is 0 Å². The van der Waals surface area contributed by atoms with Crippen LogP contribution in [0.1, 0.15) is 55.1 Å². The van der Waals surface area contributed by atoms with Crippen molar-refractivity contribution in [3.63, 3.8) is 0 Å². The maximum atomic E-state index is 13.4. The minimum atomic E-state index is -3.60. The van der Waals surface area contributed by atoms with Gasteiger partial charge in [0.2, 0.25) is 21.9 Å². The topological polar surface area (TPSA) is 135 Å². The average molecular weight is 597 g/mol. The second-order valence-electron chi connectivity index (χ2n) is 11.5. The van der Waals surface area contributed by atoms with Gasteiger partial charge in [-0.25, -0.2) is 13.4 Å². The molecule has 1 aliphatic rings. The summed E-state index contributed by atoms with van der Waals surface area (Å²) in [5.74, 6) is 1.09. The first-order valence-electron chi connectivity index (χ1n) is 13.9. The number of nitrogens with one attached hydrogen (secondary N) is 3. The van der Waals surface area contributed by atoms with E-state index in [0.717, 1.165) is 43.6 Å². The predicted molar refractivity (Wildman–Crippen MR) is 166 cm³/mol. The lowest BCUT2D eigenvalue weighted by Crippen LogP contribution is -2.26. The minimum Gasteiger partial charge on any atom is -0.492 e. The molecule has 3 aromatic rings. The Labute approximate surface area is 248 Å². The summed E-state index contributed by atoms with van der Waals surface area (Å²) in [5.41, 5.74) is 2.22. The third-order valence-corrected chi connectivity index (χ3v) is 7.50. The van der Waals surface area contributed by atoms with Crippen LogP contribution >= 0.6 is 0 Å². The summed E-state index contributed by atoms with van der Waals surface area (Å²) in [4.78, 5) is 24.6. The predicted octanol–water partition coefficient (Wildman–Crippen LogP) is 5.01. The summed E-state index contributed by atoms with van der Waals surface area (Å²) in [5, 5.41) is 6.14. The Balaban J connectivity index is 1.53. The van der Waals surface area contributed by atoms with E-state index in [9.17, 15) is 13.2 Å². The molecule has 0 aliphatic carbocycles. The first kappa shape index (κ1) is 31.0. The fourth-order valence-electron chi connectivity index (χ4n) is 4.62. The Morgan fingerprint density at radius 1 is 1.07 bits per heavy atom. The number of nitrogens with zero attached hydrogens (tertiary/aromatic N) is 3. The van der Waals surface area contributed by atoms with Crippen molar-refractivity contribution in [2.75, 3.05) is 54.9 Å². The van der Waals surface area contributed by atoms with Crippen molar-refractivity contribution < 1.29 is 22.7 Å². The molecular weight excluding hydrogens is 556 g/mol. The van der Waals surface area contributed by atoms with Gasteiger partial charge in [-0.2, -0.15) is 4.98 Å². The van der Waals surface area contributed by atoms with E-state index in [2.05, 4.69) is 30.2 Å². The second kappa shape index (κ2) is 13.0. The average Bonchev–Trinajstić information content (AvgIpc) is 3.42. The quantitative estimate of drug-likeness (QED) is 0.279. The smallest absolute Gasteiger partial charge is 0.255 e. The summed E-state index contributed by atoms with van der Waals surface area (Å²) >= 11 is 0. The molecule has 12 heteroatoms. The van der Waals surface area contributed by atoms with Crippen LogP contribution in [0, 0.1) is 6.92 Å². The molecule has 1 fully saturated rings. The number of ether oxygens (including phenoxy) is 2. The standard InChI is InChI=1S/C30H40N6O5S/c1-20-9-10-21(17-25(20)41-26-11-12-31-29(34-26)32-13-16-36-14-7-8-15-36)28(37)33-23-18-22(30(2,3)4)19-24(27(23)40-5)35-42(6,38)39/h9-12,17-19,35H,7-8,13-16H2,1-6H3,(H,33,37)(H,31,32,34). The lowest BCUT2D eigenvalue weighted by Gasteiger charge is -2.24. The number of carbonyl (C=O) groups is 1. The van der Waals surface area contributed by atoms with E-state index in [0.29, 0.717) is 28.8 Å². The molecule has 42 heavy (non-hydrogen) atoms. The third-order valence-electron chi connectivity index (χ3n) is 6.91. The summed E-state index contributed by atoms with van der Waals surface area (Å²) < 4.78 is 38.2. The summed E-state index contributed by atoms with van der Waals surface area (Å²) in [6.45, 7) is 11.8. The highest BCUT2D eigenvalue weighted by Gasteiger charge is 2.23. The monoisotopic (exact) mass is 596 g/mol. The van der Waals surface area contributed by atoms with E-state index in [-0.39, 0.29) is 16.9 Å². The number of likely N-dealkylation sites (tertiary alicyclic amines) is 1. The molecule has 1 aliphatic heterocycles. The number of methoxy groups -OCH3 is 1. The van der Waals surface area contributed by atoms with Crippen molar-refractivity contribution in [1.82, 2.24) is 14.9 Å². The first-order chi connectivity index (χ1) is 19.8. The van der Waals surface area contributed by atoms with Crippen molar-refractivity contribution in [2.45, 2.75) is 46.0 Å². The zero-order valence-corrected chi connectivity index (χ0v) is 25.9. The maximum absolute atomic E-state index is 13.4. The van der Waals surface area contributed by atoms with Gasteiger partial charge in [-0.1, -0.05) is 26.8 Å². The highest BCUT2D eigenvalue weighted by atomic mass is 32.2. The van der Waals surface area contributed by atoms with Crippen LogP contribution in [0.2, 0.25) is 0 Å². The van der Waals surface area contributed by atoms with E-state index in [1.54, 1.807) is 42.6 Å². The van der Waals surface area contributed by atoms with Gasteiger partial charge in [0, 0.05) is 30.9 Å². The summed E-state index contributed by atoms with van der Waals surface area (Å²) in [6.07, 6.45) is 5.18. The SMILES string of the molecule is COc1c(NC(=O)c2ccc(C)c(Oc3ccnc(NCCN4CCCC4)n3)c2)cc(C(C)(C)C)cc1NS(C)(=O)=O. The summed E-state index contributed by atoms with van der Waals surface area (Å²) in [6, 6.07) is 10.3. The van der Waals surface area contributed by atoms with E-state index >= 15 is 0 Å². The summed E-state index contributed by atoms with van der Waals surface area (Å²) in [7, 11) is -2.18. The van der Waals surface area contributed by atoms with Crippen molar-refractivity contribution in [1.29, 1.82) is 0 Å². The zero-order chi connectivity index (χ0) is 30.5. The van der Waals surface area contributed by atoms with Crippen molar-refractivity contribution in [3.8, 4) is 17.4 Å². The molecule has 0 atom stereocenters. The van der Waals surface area contributed by atoms with Gasteiger partial charge in [0.05, 0.1) is 24.7 Å². The molecule has 11 nitrogen and oxygen atoms in total. The Hall–Kier alpha value is -3.90. The Bertz CT molecular complexity index is 1530. The number of hydrogen-bond acceptors (Lipinski definition) is 9. The van der Waals surface area contributed by atoms with Crippen molar-refractivity contribution in [2.24, 2.45) is 0 Å². The van der Waals surface area contributed by atoms with Crippen LogP contribution in [0.5, 0.6) is 17.4 Å². The number of anilines is 3. The van der Waals surface area contributed by atoms with Crippen LogP contribution in [-0.2, 0) is 15.4 Å². The van der Waals surface area contributed by atoms with E-state index in [1.807, 2.05) is 27.7 Å². The number of hydrogen-bond donors (Lipinski definition) is 3.